The average molecular weight is 339 g/mol. The van der Waals surface area contributed by atoms with E-state index in [1.54, 1.807) is 6.07 Å². The highest BCUT2D eigenvalue weighted by atomic mass is 32.1. The zero-order chi connectivity index (χ0) is 17.6. The van der Waals surface area contributed by atoms with Gasteiger partial charge < -0.3 is 15.0 Å². The van der Waals surface area contributed by atoms with E-state index >= 15 is 0 Å². The van der Waals surface area contributed by atoms with E-state index in [2.05, 4.69) is 37.9 Å². The van der Waals surface area contributed by atoms with Crippen molar-refractivity contribution in [3.05, 3.63) is 28.3 Å². The van der Waals surface area contributed by atoms with Crippen LogP contribution in [0.25, 0.3) is 0 Å². The number of rotatable bonds is 7. The average Bonchev–Trinajstić information content (AvgIpc) is 2.54. The predicted molar refractivity (Wildman–Crippen MR) is 97.2 cm³/mol. The van der Waals surface area contributed by atoms with Crippen molar-refractivity contribution < 1.29 is 9.66 Å². The summed E-state index contributed by atoms with van der Waals surface area (Å²) in [7, 11) is 1.48. The number of methoxy groups -OCH3 is 1. The summed E-state index contributed by atoms with van der Waals surface area (Å²) in [6.07, 6.45) is 1.95. The largest absolute Gasteiger partial charge is 0.494 e. The summed E-state index contributed by atoms with van der Waals surface area (Å²) in [6, 6.07) is 5.05. The maximum Gasteiger partial charge on any atom is 0.273 e. The Hall–Kier alpha value is -1.89. The lowest BCUT2D eigenvalue weighted by Crippen LogP contribution is -2.46. The minimum Gasteiger partial charge on any atom is -0.494 e. The van der Waals surface area contributed by atoms with Gasteiger partial charge in [0.15, 0.2) is 5.11 Å². The van der Waals surface area contributed by atoms with E-state index in [9.17, 15) is 10.1 Å². The molecule has 0 fully saturated rings. The minimum absolute atomic E-state index is 0.0148. The summed E-state index contributed by atoms with van der Waals surface area (Å²) in [5.74, 6) is 0.398. The molecule has 0 unspecified atom stereocenters. The quantitative estimate of drug-likeness (QED) is 0.456. The molecule has 1 rings (SSSR count). The van der Waals surface area contributed by atoms with E-state index in [1.807, 2.05) is 0 Å². The van der Waals surface area contributed by atoms with E-state index in [0.717, 1.165) is 12.8 Å². The van der Waals surface area contributed by atoms with Gasteiger partial charge in [0.1, 0.15) is 5.75 Å². The normalized spacial score (nSPS) is 13.1. The van der Waals surface area contributed by atoms with Crippen LogP contribution in [0.3, 0.4) is 0 Å². The molecule has 23 heavy (non-hydrogen) atoms. The first-order valence-corrected chi connectivity index (χ1v) is 8.18. The Balaban J connectivity index is 3.04. The smallest absolute Gasteiger partial charge is 0.273 e. The first kappa shape index (κ1) is 19.2. The third-order valence-corrected chi connectivity index (χ3v) is 4.32. The van der Waals surface area contributed by atoms with Gasteiger partial charge in [-0.05, 0) is 45.0 Å². The molecule has 6 nitrogen and oxygen atoms in total. The molecule has 0 amide bonds. The molecule has 0 aliphatic carbocycles. The topological polar surface area (TPSA) is 67.6 Å². The second-order valence-electron chi connectivity index (χ2n) is 5.49. The molecule has 0 heterocycles. The van der Waals surface area contributed by atoms with E-state index in [0.29, 0.717) is 28.6 Å². The number of non-ortho nitro benzene ring substituents is 1. The molecule has 0 saturated heterocycles. The van der Waals surface area contributed by atoms with Gasteiger partial charge in [0.05, 0.1) is 23.8 Å². The summed E-state index contributed by atoms with van der Waals surface area (Å²) in [5.41, 5.74) is 0.610. The Bertz CT molecular complexity index is 556. The number of thiocarbonyl (C=S) groups is 1. The monoisotopic (exact) mass is 339 g/mol. The first-order valence-electron chi connectivity index (χ1n) is 7.77. The fourth-order valence-electron chi connectivity index (χ4n) is 2.30. The molecular weight excluding hydrogens is 314 g/mol. The summed E-state index contributed by atoms with van der Waals surface area (Å²) in [5, 5.41) is 14.6. The molecule has 1 aromatic carbocycles. The van der Waals surface area contributed by atoms with Crippen molar-refractivity contribution in [3.8, 4) is 5.75 Å². The lowest BCUT2D eigenvalue weighted by molar-refractivity contribution is -0.384. The van der Waals surface area contributed by atoms with Crippen LogP contribution in [-0.2, 0) is 0 Å². The van der Waals surface area contributed by atoms with Crippen LogP contribution in [0.15, 0.2) is 18.2 Å². The van der Waals surface area contributed by atoms with E-state index in [1.165, 1.54) is 19.2 Å². The fourth-order valence-corrected chi connectivity index (χ4v) is 2.77. The third kappa shape index (κ3) is 4.79. The van der Waals surface area contributed by atoms with Gasteiger partial charge in [-0.1, -0.05) is 13.8 Å². The van der Waals surface area contributed by atoms with Gasteiger partial charge in [0.2, 0.25) is 0 Å². The molecule has 0 aliphatic rings. The molecule has 0 aromatic heterocycles. The number of hydrogen-bond acceptors (Lipinski definition) is 4. The van der Waals surface area contributed by atoms with E-state index in [4.69, 9.17) is 17.0 Å². The van der Waals surface area contributed by atoms with Gasteiger partial charge in [-0.15, -0.1) is 0 Å². The third-order valence-electron chi connectivity index (χ3n) is 4.00. The van der Waals surface area contributed by atoms with E-state index in [-0.39, 0.29) is 5.69 Å². The Morgan fingerprint density at radius 2 is 1.91 bits per heavy atom. The van der Waals surface area contributed by atoms with Crippen molar-refractivity contribution in [1.82, 2.24) is 4.90 Å². The van der Waals surface area contributed by atoms with Crippen LogP contribution in [-0.4, -0.2) is 34.1 Å². The molecule has 0 radical (unpaired) electrons. The predicted octanol–water partition coefficient (Wildman–Crippen LogP) is 4.20. The number of ether oxygens (including phenoxy) is 1. The first-order chi connectivity index (χ1) is 10.8. The van der Waals surface area contributed by atoms with Crippen molar-refractivity contribution >= 4 is 28.7 Å². The number of anilines is 1. The molecule has 7 heteroatoms. The highest BCUT2D eigenvalue weighted by Gasteiger charge is 2.22. The zero-order valence-electron chi connectivity index (χ0n) is 14.3. The lowest BCUT2D eigenvalue weighted by atomic mass is 10.1. The van der Waals surface area contributed by atoms with Crippen molar-refractivity contribution in [2.75, 3.05) is 12.4 Å². The fraction of sp³-hybridized carbons (Fsp3) is 0.562. The van der Waals surface area contributed by atoms with Gasteiger partial charge in [-0.25, -0.2) is 0 Å². The number of nitro benzene ring substituents is 1. The highest BCUT2D eigenvalue weighted by molar-refractivity contribution is 7.80. The summed E-state index contributed by atoms with van der Waals surface area (Å²) in [4.78, 5) is 12.6. The number of nitrogens with one attached hydrogen (secondary N) is 1. The summed E-state index contributed by atoms with van der Waals surface area (Å²) >= 11 is 5.56. The van der Waals surface area contributed by atoms with Crippen LogP contribution in [0.2, 0.25) is 0 Å². The standard InChI is InChI=1S/C16H25N3O3S/c1-6-11(3)18(12(4)7-2)16(23)17-14-9-8-13(19(20)21)10-15(14)22-5/h8-12H,6-7H2,1-5H3,(H,17,23)/t11-,12-/m1/s1. The molecule has 0 bridgehead atoms. The SMILES string of the molecule is CC[C@@H](C)N(C(=S)Nc1ccc([N+](=O)[O-])cc1OC)[C@H](C)CC. The Kier molecular flexibility index (Phi) is 7.22. The van der Waals surface area contributed by atoms with Crippen LogP contribution in [0.5, 0.6) is 5.75 Å². The van der Waals surface area contributed by atoms with Gasteiger partial charge in [-0.2, -0.15) is 0 Å². The second-order valence-corrected chi connectivity index (χ2v) is 5.88. The summed E-state index contributed by atoms with van der Waals surface area (Å²) < 4.78 is 5.25. The highest BCUT2D eigenvalue weighted by Crippen LogP contribution is 2.29. The summed E-state index contributed by atoms with van der Waals surface area (Å²) in [6.45, 7) is 8.50. The molecule has 1 aromatic rings. The zero-order valence-corrected chi connectivity index (χ0v) is 15.1. The van der Waals surface area contributed by atoms with Crippen molar-refractivity contribution in [3.63, 3.8) is 0 Å². The molecule has 0 spiro atoms. The van der Waals surface area contributed by atoms with Crippen LogP contribution in [0, 0.1) is 10.1 Å². The van der Waals surface area contributed by atoms with Gasteiger partial charge in [-0.3, -0.25) is 10.1 Å². The van der Waals surface area contributed by atoms with Crippen LogP contribution in [0.4, 0.5) is 11.4 Å². The lowest BCUT2D eigenvalue weighted by Gasteiger charge is -2.36. The Morgan fingerprint density at radius 1 is 1.35 bits per heavy atom. The molecule has 0 saturated carbocycles. The van der Waals surface area contributed by atoms with Gasteiger partial charge >= 0.3 is 0 Å². The molecule has 0 aliphatic heterocycles. The van der Waals surface area contributed by atoms with Gasteiger partial charge in [0, 0.05) is 18.2 Å². The van der Waals surface area contributed by atoms with Crippen LogP contribution < -0.4 is 10.1 Å². The van der Waals surface area contributed by atoms with Crippen molar-refractivity contribution in [1.29, 1.82) is 0 Å². The number of benzene rings is 1. The number of nitrogens with zero attached hydrogens (tertiary/aromatic N) is 2. The minimum atomic E-state index is -0.449. The Labute approximate surface area is 143 Å². The van der Waals surface area contributed by atoms with Crippen LogP contribution >= 0.6 is 12.2 Å². The van der Waals surface area contributed by atoms with Gasteiger partial charge in [0.25, 0.3) is 5.69 Å². The number of nitro groups is 1. The van der Waals surface area contributed by atoms with Crippen molar-refractivity contribution in [2.45, 2.75) is 52.6 Å². The molecule has 128 valence electrons. The molecular formula is C16H25N3O3S. The number of hydrogen-bond donors (Lipinski definition) is 1. The van der Waals surface area contributed by atoms with E-state index < -0.39 is 4.92 Å². The molecule has 1 N–H and O–H groups in total. The maximum absolute atomic E-state index is 10.9. The van der Waals surface area contributed by atoms with Crippen molar-refractivity contribution in [2.24, 2.45) is 0 Å². The molecule has 2 atom stereocenters. The maximum atomic E-state index is 10.9. The Morgan fingerprint density at radius 3 is 2.35 bits per heavy atom. The van der Waals surface area contributed by atoms with Crippen LogP contribution in [0.1, 0.15) is 40.5 Å². The second kappa shape index (κ2) is 8.67.